The summed E-state index contributed by atoms with van der Waals surface area (Å²) in [4.78, 5) is 0. The fourth-order valence-corrected chi connectivity index (χ4v) is 10.1. The third-order valence-corrected chi connectivity index (χ3v) is 14.4. The first kappa shape index (κ1) is 44.7. The van der Waals surface area contributed by atoms with Crippen LogP contribution >= 0.6 is 17.6 Å². The van der Waals surface area contributed by atoms with E-state index in [-0.39, 0.29) is 57.1 Å². The smallest absolute Gasteiger partial charge is 0.397 e. The molecular weight excluding hydrogens is 795 g/mol. The average Bonchev–Trinajstić information content (AvgIpc) is 3.29. The topological polar surface area (TPSA) is 66.4 Å². The van der Waals surface area contributed by atoms with E-state index in [0.717, 1.165) is 16.9 Å². The van der Waals surface area contributed by atoms with Gasteiger partial charge >= 0.3 is 8.60 Å². The Morgan fingerprint density at radius 1 is 0.508 bits per heavy atom. The van der Waals surface area contributed by atoms with E-state index in [4.69, 9.17) is 22.6 Å². The van der Waals surface area contributed by atoms with Gasteiger partial charge in [0, 0.05) is 32.8 Å². The summed E-state index contributed by atoms with van der Waals surface area (Å²) >= 11 is 0. The Balaban J connectivity index is 1.05. The van der Waals surface area contributed by atoms with Gasteiger partial charge in [0.05, 0.1) is 31.8 Å². The normalized spacial score (nSPS) is 17.7. The molecule has 0 saturated carbocycles. The van der Waals surface area contributed by atoms with E-state index in [0.29, 0.717) is 5.75 Å². The molecule has 0 radical (unpaired) electrons. The van der Waals surface area contributed by atoms with Gasteiger partial charge in [-0.3, -0.25) is 0 Å². The van der Waals surface area contributed by atoms with Crippen LogP contribution in [0.5, 0.6) is 11.5 Å². The maximum atomic E-state index is 10.7. The Morgan fingerprint density at radius 3 is 1.30 bits per heavy atom. The van der Waals surface area contributed by atoms with E-state index in [1.54, 1.807) is 0 Å². The van der Waals surface area contributed by atoms with E-state index in [1.807, 2.05) is 18.2 Å². The van der Waals surface area contributed by atoms with E-state index in [2.05, 4.69) is 195 Å². The monoisotopic (exact) mass is 854 g/mol. The number of benzene rings is 6. The molecule has 0 aromatic heterocycles. The molecule has 1 fully saturated rings. The molecule has 7 rings (SSSR count). The van der Waals surface area contributed by atoms with E-state index < -0.39 is 14.0 Å². The van der Waals surface area contributed by atoms with Crippen LogP contribution in [0, 0.1) is 5.41 Å². The van der Waals surface area contributed by atoms with Crippen molar-refractivity contribution in [1.82, 2.24) is 0 Å². The van der Waals surface area contributed by atoms with Crippen molar-refractivity contribution in [3.8, 4) is 11.5 Å². The van der Waals surface area contributed by atoms with Gasteiger partial charge in [0.15, 0.2) is 0 Å². The van der Waals surface area contributed by atoms with Gasteiger partial charge in [0.2, 0.25) is 9.03 Å². The van der Waals surface area contributed by atoms with Gasteiger partial charge in [-0.25, -0.2) is 0 Å². The van der Waals surface area contributed by atoms with Crippen molar-refractivity contribution in [2.75, 3.05) is 26.4 Å². The minimum absolute atomic E-state index is 0.175. The second-order valence-corrected chi connectivity index (χ2v) is 20.2. The van der Waals surface area contributed by atoms with Crippen molar-refractivity contribution >= 4 is 17.6 Å². The summed E-state index contributed by atoms with van der Waals surface area (Å²) in [7, 11) is -2.05. The van der Waals surface area contributed by atoms with Gasteiger partial charge in [-0.15, -0.1) is 0 Å². The number of hydrogen-bond donors (Lipinski definition) is 1. The predicted molar refractivity (Wildman–Crippen MR) is 251 cm³/mol. The van der Waals surface area contributed by atoms with Crippen LogP contribution in [-0.2, 0) is 35.2 Å². The highest BCUT2D eigenvalue weighted by Gasteiger charge is 2.41. The molecule has 0 bridgehead atoms. The average molecular weight is 855 g/mol. The summed E-state index contributed by atoms with van der Waals surface area (Å²) in [6.45, 7) is 18.4. The molecule has 8 heteroatoms. The molecular formula is C53H60O6P2. The molecule has 0 spiro atoms. The van der Waals surface area contributed by atoms with Crippen LogP contribution in [0.15, 0.2) is 158 Å². The lowest BCUT2D eigenvalue weighted by molar-refractivity contribution is -0.0441. The molecule has 1 N–H and O–H groups in total. The second-order valence-electron chi connectivity index (χ2n) is 18.4. The standard InChI is InChI=1S/C53H60O6P2/c1-49(2,39-21-13-9-14-22-39)43-29-31-47(45(33-43)51(5,6)41-25-17-11-18-26-41)58-60-55-36-53(35-54)37-56-61(57-38-53)59-48-32-30-44(50(3,4)40-23-15-10-16-24-40)34-46(48)52(7,8)42-27-19-12-20-28-42/h9-34,54,60H,35-38H2,1-8H3. The number of rotatable bonds is 16. The van der Waals surface area contributed by atoms with Crippen molar-refractivity contribution in [2.24, 2.45) is 5.41 Å². The molecule has 1 unspecified atom stereocenters. The van der Waals surface area contributed by atoms with E-state index >= 15 is 0 Å². The summed E-state index contributed by atoms with van der Waals surface area (Å²) in [5, 5.41) is 10.7. The molecule has 6 aromatic carbocycles. The molecule has 61 heavy (non-hydrogen) atoms. The molecule has 1 heterocycles. The molecule has 1 saturated heterocycles. The van der Waals surface area contributed by atoms with Crippen LogP contribution in [0.2, 0.25) is 0 Å². The molecule has 6 nitrogen and oxygen atoms in total. The lowest BCUT2D eigenvalue weighted by atomic mass is 9.73. The van der Waals surface area contributed by atoms with Crippen molar-refractivity contribution in [3.63, 3.8) is 0 Å². The fourth-order valence-electron chi connectivity index (χ4n) is 8.11. The van der Waals surface area contributed by atoms with Gasteiger partial charge in [-0.05, 0) is 45.5 Å². The number of aliphatic hydroxyl groups is 1. The minimum atomic E-state index is -1.75. The first-order valence-electron chi connectivity index (χ1n) is 21.1. The fraction of sp³-hybridized carbons (Fsp3) is 0.321. The maximum Gasteiger partial charge on any atom is 0.397 e. The summed E-state index contributed by atoms with van der Waals surface area (Å²) in [5.41, 5.74) is 7.38. The van der Waals surface area contributed by atoms with Crippen molar-refractivity contribution in [3.05, 3.63) is 202 Å². The largest absolute Gasteiger partial charge is 0.449 e. The summed E-state index contributed by atoms with van der Waals surface area (Å²) in [6, 6.07) is 55.2. The van der Waals surface area contributed by atoms with Crippen LogP contribution in [-0.4, -0.2) is 31.5 Å². The Hall–Kier alpha value is -4.38. The molecule has 1 aliphatic heterocycles. The minimum Gasteiger partial charge on any atom is -0.449 e. The molecule has 318 valence electrons. The Morgan fingerprint density at radius 2 is 0.885 bits per heavy atom. The zero-order chi connectivity index (χ0) is 43.3. The third kappa shape index (κ3) is 9.67. The lowest BCUT2D eigenvalue weighted by Crippen LogP contribution is -2.42. The molecule has 0 amide bonds. The molecule has 1 aliphatic rings. The highest BCUT2D eigenvalue weighted by atomic mass is 31.2. The zero-order valence-corrected chi connectivity index (χ0v) is 38.7. The van der Waals surface area contributed by atoms with E-state index in [9.17, 15) is 5.11 Å². The summed E-state index contributed by atoms with van der Waals surface area (Å²) in [6.07, 6.45) is 0. The molecule has 1 atom stereocenters. The van der Waals surface area contributed by atoms with E-state index in [1.165, 1.54) is 33.4 Å². The molecule has 6 aromatic rings. The van der Waals surface area contributed by atoms with Gasteiger partial charge in [-0.1, -0.05) is 201 Å². The third-order valence-electron chi connectivity index (χ3n) is 12.8. The number of hydrogen-bond acceptors (Lipinski definition) is 6. The quantitative estimate of drug-likeness (QED) is 0.0773. The Bertz CT molecular complexity index is 2330. The Labute approximate surface area is 366 Å². The zero-order valence-electron chi connectivity index (χ0n) is 36.8. The van der Waals surface area contributed by atoms with Gasteiger partial charge < -0.3 is 27.7 Å². The van der Waals surface area contributed by atoms with Crippen LogP contribution in [0.4, 0.5) is 0 Å². The van der Waals surface area contributed by atoms with Gasteiger partial charge in [-0.2, -0.15) is 0 Å². The van der Waals surface area contributed by atoms with Crippen molar-refractivity contribution in [1.29, 1.82) is 0 Å². The maximum absolute atomic E-state index is 10.7. The van der Waals surface area contributed by atoms with Gasteiger partial charge in [0.1, 0.15) is 11.5 Å². The van der Waals surface area contributed by atoms with Gasteiger partial charge in [0.25, 0.3) is 0 Å². The molecule has 0 aliphatic carbocycles. The van der Waals surface area contributed by atoms with Crippen LogP contribution < -0.4 is 9.05 Å². The van der Waals surface area contributed by atoms with Crippen LogP contribution in [0.25, 0.3) is 0 Å². The SMILES string of the molecule is CC(C)(c1ccccc1)c1ccc(OPOCC2(CO)COP(Oc3ccc(C(C)(C)c4ccccc4)cc3C(C)(C)c3ccccc3)OC2)c(C(C)(C)c2ccccc2)c1. The lowest BCUT2D eigenvalue weighted by Gasteiger charge is -2.37. The highest BCUT2D eigenvalue weighted by Crippen LogP contribution is 2.51. The summed E-state index contributed by atoms with van der Waals surface area (Å²) in [5.74, 6) is 1.47. The number of aliphatic hydroxyl groups excluding tert-OH is 1. The summed E-state index contributed by atoms with van der Waals surface area (Å²) < 4.78 is 31.8. The predicted octanol–water partition coefficient (Wildman–Crippen LogP) is 13.2. The van der Waals surface area contributed by atoms with Crippen molar-refractivity contribution < 1.29 is 27.7 Å². The first-order valence-corrected chi connectivity index (χ1v) is 23.0. The highest BCUT2D eigenvalue weighted by molar-refractivity contribution is 7.42. The second kappa shape index (κ2) is 18.5. The first-order chi connectivity index (χ1) is 29.2. The Kier molecular flexibility index (Phi) is 13.6. The van der Waals surface area contributed by atoms with Crippen LogP contribution in [0.1, 0.15) is 99.9 Å². The van der Waals surface area contributed by atoms with Crippen molar-refractivity contribution in [2.45, 2.75) is 77.0 Å². The van der Waals surface area contributed by atoms with Crippen LogP contribution in [0.3, 0.4) is 0 Å².